The first-order valence-electron chi connectivity index (χ1n) is 8.42. The van der Waals surface area contributed by atoms with Crippen molar-refractivity contribution in [2.24, 2.45) is 17.8 Å². The van der Waals surface area contributed by atoms with Crippen molar-refractivity contribution in [1.29, 1.82) is 0 Å². The molecule has 0 saturated carbocycles. The van der Waals surface area contributed by atoms with Crippen LogP contribution in [0.3, 0.4) is 0 Å². The maximum atomic E-state index is 3.65. The molecule has 0 bridgehead atoms. The summed E-state index contributed by atoms with van der Waals surface area (Å²) in [6.07, 6.45) is 5.22. The third-order valence-corrected chi connectivity index (χ3v) is 4.35. The van der Waals surface area contributed by atoms with Crippen LogP contribution in [0, 0.1) is 17.8 Å². The van der Waals surface area contributed by atoms with E-state index < -0.39 is 0 Å². The van der Waals surface area contributed by atoms with E-state index in [0.29, 0.717) is 0 Å². The zero-order valence-electron chi connectivity index (χ0n) is 14.2. The van der Waals surface area contributed by atoms with E-state index in [4.69, 9.17) is 0 Å². The number of benzene rings is 1. The Bertz CT molecular complexity index is 356. The van der Waals surface area contributed by atoms with Gasteiger partial charge < -0.3 is 5.32 Å². The fourth-order valence-electron chi connectivity index (χ4n) is 2.62. The lowest BCUT2D eigenvalue weighted by atomic mass is 9.92. The van der Waals surface area contributed by atoms with Gasteiger partial charge in [0.1, 0.15) is 0 Å². The van der Waals surface area contributed by atoms with Crippen LogP contribution in [0.15, 0.2) is 28.7 Å². The van der Waals surface area contributed by atoms with E-state index in [1.807, 2.05) is 0 Å². The number of hydrogen-bond acceptors (Lipinski definition) is 1. The molecule has 0 aliphatic carbocycles. The lowest BCUT2D eigenvalue weighted by Gasteiger charge is -2.19. The minimum Gasteiger partial charge on any atom is -0.316 e. The van der Waals surface area contributed by atoms with Crippen LogP contribution in [-0.4, -0.2) is 13.1 Å². The monoisotopic (exact) mass is 353 g/mol. The lowest BCUT2D eigenvalue weighted by molar-refractivity contribution is 0.396. The molecule has 120 valence electrons. The van der Waals surface area contributed by atoms with Crippen molar-refractivity contribution in [1.82, 2.24) is 5.32 Å². The van der Waals surface area contributed by atoms with Gasteiger partial charge in [-0.2, -0.15) is 0 Å². The Morgan fingerprint density at radius 1 is 0.905 bits per heavy atom. The summed E-state index contributed by atoms with van der Waals surface area (Å²) in [5.41, 5.74) is 1.46. The first-order valence-corrected chi connectivity index (χ1v) is 9.21. The zero-order chi connectivity index (χ0) is 15.7. The molecule has 0 heterocycles. The Labute approximate surface area is 140 Å². The summed E-state index contributed by atoms with van der Waals surface area (Å²) in [6.45, 7) is 11.5. The molecule has 2 heteroatoms. The molecular weight excluding hydrogens is 322 g/mol. The SMILES string of the molecule is CC(C)CCCC(CNCC(C)C)Cc1ccc(Br)cc1. The van der Waals surface area contributed by atoms with Crippen molar-refractivity contribution < 1.29 is 0 Å². The van der Waals surface area contributed by atoms with E-state index in [1.54, 1.807) is 0 Å². The smallest absolute Gasteiger partial charge is 0.0175 e. The van der Waals surface area contributed by atoms with Crippen LogP contribution >= 0.6 is 15.9 Å². The Balaban J connectivity index is 2.47. The molecule has 1 nitrogen and oxygen atoms in total. The average Bonchev–Trinajstić information content (AvgIpc) is 2.40. The van der Waals surface area contributed by atoms with E-state index in [2.05, 4.69) is 73.2 Å². The molecule has 0 aliphatic heterocycles. The highest BCUT2D eigenvalue weighted by atomic mass is 79.9. The van der Waals surface area contributed by atoms with Crippen molar-refractivity contribution in [3.63, 3.8) is 0 Å². The summed E-state index contributed by atoms with van der Waals surface area (Å²) < 4.78 is 1.17. The van der Waals surface area contributed by atoms with Gasteiger partial charge in [-0.1, -0.05) is 68.6 Å². The predicted molar refractivity (Wildman–Crippen MR) is 97.7 cm³/mol. The normalized spacial score (nSPS) is 13.1. The van der Waals surface area contributed by atoms with Gasteiger partial charge in [0, 0.05) is 4.47 Å². The van der Waals surface area contributed by atoms with Gasteiger partial charge >= 0.3 is 0 Å². The van der Waals surface area contributed by atoms with Crippen LogP contribution in [0.25, 0.3) is 0 Å². The number of hydrogen-bond donors (Lipinski definition) is 1. The third-order valence-electron chi connectivity index (χ3n) is 3.82. The molecule has 1 aromatic carbocycles. The fourth-order valence-corrected chi connectivity index (χ4v) is 2.89. The second-order valence-electron chi connectivity index (χ2n) is 7.07. The largest absolute Gasteiger partial charge is 0.316 e. The van der Waals surface area contributed by atoms with E-state index in [1.165, 1.54) is 35.7 Å². The van der Waals surface area contributed by atoms with E-state index in [-0.39, 0.29) is 0 Å². The molecule has 0 radical (unpaired) electrons. The van der Waals surface area contributed by atoms with E-state index in [9.17, 15) is 0 Å². The fraction of sp³-hybridized carbons (Fsp3) is 0.684. The van der Waals surface area contributed by atoms with Gasteiger partial charge in [-0.05, 0) is 61.4 Å². The summed E-state index contributed by atoms with van der Waals surface area (Å²) in [4.78, 5) is 0. The topological polar surface area (TPSA) is 12.0 Å². The second-order valence-corrected chi connectivity index (χ2v) is 7.99. The molecule has 1 aromatic rings. The molecule has 0 fully saturated rings. The molecular formula is C19H32BrN. The Morgan fingerprint density at radius 3 is 2.14 bits per heavy atom. The molecule has 1 rings (SSSR count). The highest BCUT2D eigenvalue weighted by Crippen LogP contribution is 2.19. The maximum absolute atomic E-state index is 3.65. The Morgan fingerprint density at radius 2 is 1.57 bits per heavy atom. The van der Waals surface area contributed by atoms with Crippen LogP contribution in [0.1, 0.15) is 52.5 Å². The van der Waals surface area contributed by atoms with Crippen molar-refractivity contribution in [3.8, 4) is 0 Å². The van der Waals surface area contributed by atoms with Gasteiger partial charge in [0.15, 0.2) is 0 Å². The Hall–Kier alpha value is -0.340. The number of rotatable bonds is 10. The standard InChI is InChI=1S/C19H32BrN/c1-15(2)6-5-7-18(14-21-13-16(3)4)12-17-8-10-19(20)11-9-17/h8-11,15-16,18,21H,5-7,12-14H2,1-4H3. The second kappa shape index (κ2) is 10.4. The van der Waals surface area contributed by atoms with Crippen molar-refractivity contribution >= 4 is 15.9 Å². The van der Waals surface area contributed by atoms with Crippen molar-refractivity contribution in [2.45, 2.75) is 53.4 Å². The molecule has 0 spiro atoms. The molecule has 0 amide bonds. The van der Waals surface area contributed by atoms with E-state index >= 15 is 0 Å². The molecule has 1 N–H and O–H groups in total. The number of nitrogens with one attached hydrogen (secondary N) is 1. The highest BCUT2D eigenvalue weighted by Gasteiger charge is 2.10. The van der Waals surface area contributed by atoms with Crippen LogP contribution < -0.4 is 5.32 Å². The van der Waals surface area contributed by atoms with Gasteiger partial charge in [-0.3, -0.25) is 0 Å². The predicted octanol–water partition coefficient (Wildman–Crippen LogP) is 5.68. The summed E-state index contributed by atoms with van der Waals surface area (Å²) in [6, 6.07) is 8.81. The van der Waals surface area contributed by atoms with Gasteiger partial charge in [0.2, 0.25) is 0 Å². The van der Waals surface area contributed by atoms with Gasteiger partial charge in [-0.15, -0.1) is 0 Å². The van der Waals surface area contributed by atoms with E-state index in [0.717, 1.165) is 30.8 Å². The summed E-state index contributed by atoms with van der Waals surface area (Å²) in [5.74, 6) is 2.31. The molecule has 0 saturated heterocycles. The van der Waals surface area contributed by atoms with Crippen LogP contribution in [0.4, 0.5) is 0 Å². The molecule has 0 aliphatic rings. The van der Waals surface area contributed by atoms with Crippen molar-refractivity contribution in [2.75, 3.05) is 13.1 Å². The lowest BCUT2D eigenvalue weighted by Crippen LogP contribution is -2.27. The van der Waals surface area contributed by atoms with Crippen LogP contribution in [-0.2, 0) is 6.42 Å². The molecule has 1 atom stereocenters. The van der Waals surface area contributed by atoms with Gasteiger partial charge in [-0.25, -0.2) is 0 Å². The first kappa shape index (κ1) is 18.7. The van der Waals surface area contributed by atoms with Gasteiger partial charge in [0.25, 0.3) is 0 Å². The minimum atomic E-state index is 0.731. The zero-order valence-corrected chi connectivity index (χ0v) is 15.7. The summed E-state index contributed by atoms with van der Waals surface area (Å²) in [5, 5.41) is 3.65. The third kappa shape index (κ3) is 9.31. The average molecular weight is 354 g/mol. The highest BCUT2D eigenvalue weighted by molar-refractivity contribution is 9.10. The van der Waals surface area contributed by atoms with Crippen molar-refractivity contribution in [3.05, 3.63) is 34.3 Å². The quantitative estimate of drug-likeness (QED) is 0.570. The van der Waals surface area contributed by atoms with Gasteiger partial charge in [0.05, 0.1) is 0 Å². The number of halogens is 1. The van der Waals surface area contributed by atoms with Crippen LogP contribution in [0.5, 0.6) is 0 Å². The minimum absolute atomic E-state index is 0.731. The summed E-state index contributed by atoms with van der Waals surface area (Å²) >= 11 is 3.52. The molecule has 21 heavy (non-hydrogen) atoms. The summed E-state index contributed by atoms with van der Waals surface area (Å²) in [7, 11) is 0. The van der Waals surface area contributed by atoms with Crippen LogP contribution in [0.2, 0.25) is 0 Å². The maximum Gasteiger partial charge on any atom is 0.0175 e. The Kier molecular flexibility index (Phi) is 9.26. The molecule has 1 unspecified atom stereocenters. The first-order chi connectivity index (χ1) is 9.97. The molecule has 0 aromatic heterocycles.